The fourth-order valence-corrected chi connectivity index (χ4v) is 4.20. The molecule has 2 aromatic rings. The number of carbonyl (C=O) groups excluding carboxylic acids is 1. The summed E-state index contributed by atoms with van der Waals surface area (Å²) < 4.78 is 19.2. The van der Waals surface area contributed by atoms with Crippen LogP contribution in [-0.4, -0.2) is 54.4 Å². The third-order valence-corrected chi connectivity index (χ3v) is 5.57. The number of hydrogen-bond acceptors (Lipinski definition) is 4. The summed E-state index contributed by atoms with van der Waals surface area (Å²) in [6.07, 6.45) is 0.885. The van der Waals surface area contributed by atoms with Gasteiger partial charge in [-0.2, -0.15) is 0 Å². The molecule has 2 aromatic carbocycles. The van der Waals surface area contributed by atoms with Crippen LogP contribution in [0.4, 0.5) is 4.39 Å². The van der Waals surface area contributed by atoms with Crippen molar-refractivity contribution in [2.24, 2.45) is 0 Å². The highest BCUT2D eigenvalue weighted by Crippen LogP contribution is 2.36. The van der Waals surface area contributed by atoms with Crippen LogP contribution in [0.5, 0.6) is 0 Å². The number of ether oxygens (including phenoxy) is 1. The van der Waals surface area contributed by atoms with E-state index in [1.807, 2.05) is 23.1 Å². The Bertz CT molecular complexity index is 827. The van der Waals surface area contributed by atoms with E-state index in [2.05, 4.69) is 11.4 Å². The molecule has 0 bridgehead atoms. The second-order valence-electron chi connectivity index (χ2n) is 7.37. The maximum absolute atomic E-state index is 13.5. The fourth-order valence-electron chi connectivity index (χ4n) is 4.20. The molecule has 3 atom stereocenters. The van der Waals surface area contributed by atoms with Crippen molar-refractivity contribution in [3.05, 3.63) is 71.0 Å². The lowest BCUT2D eigenvalue weighted by molar-refractivity contribution is -0.143. The zero-order chi connectivity index (χ0) is 19.5. The molecule has 2 aliphatic rings. The summed E-state index contributed by atoms with van der Waals surface area (Å²) in [5.41, 5.74) is 3.20. The standard InChI is InChI=1S/C22H25FN2O3/c23-17-7-5-16(6-8-17)21-19-4-2-1-3-15(19)9-11-25(21)22(27)20-13-18(14-28-20)24-10-12-26/h1-8,18,20-21,24,26H,9-14H2/t18-,20-,21-/m0/s1. The van der Waals surface area contributed by atoms with Gasteiger partial charge in [0.2, 0.25) is 0 Å². The third kappa shape index (κ3) is 3.81. The Morgan fingerprint density at radius 2 is 2.00 bits per heavy atom. The molecule has 0 unspecified atom stereocenters. The summed E-state index contributed by atoms with van der Waals surface area (Å²) >= 11 is 0. The van der Waals surface area contributed by atoms with Gasteiger partial charge in [0.25, 0.3) is 5.91 Å². The van der Waals surface area contributed by atoms with Crippen molar-refractivity contribution in [1.82, 2.24) is 10.2 Å². The average molecular weight is 384 g/mol. The lowest BCUT2D eigenvalue weighted by Crippen LogP contribution is -2.45. The van der Waals surface area contributed by atoms with E-state index < -0.39 is 6.10 Å². The highest BCUT2D eigenvalue weighted by molar-refractivity contribution is 5.82. The molecule has 5 nitrogen and oxygen atoms in total. The van der Waals surface area contributed by atoms with Crippen molar-refractivity contribution in [3.63, 3.8) is 0 Å². The molecule has 1 fully saturated rings. The Balaban J connectivity index is 1.60. The molecular formula is C22H25FN2O3. The van der Waals surface area contributed by atoms with E-state index >= 15 is 0 Å². The number of carbonyl (C=O) groups is 1. The van der Waals surface area contributed by atoms with E-state index in [1.165, 1.54) is 17.7 Å². The van der Waals surface area contributed by atoms with Crippen LogP contribution < -0.4 is 5.32 Å². The summed E-state index contributed by atoms with van der Waals surface area (Å²) in [4.78, 5) is 15.2. The van der Waals surface area contributed by atoms with Crippen molar-refractivity contribution in [3.8, 4) is 0 Å². The molecule has 6 heteroatoms. The Labute approximate surface area is 164 Å². The molecule has 1 saturated heterocycles. The SMILES string of the molecule is O=C([C@@H]1C[C@H](NCCO)CO1)N1CCc2ccccc2[C@@H]1c1ccc(F)cc1. The van der Waals surface area contributed by atoms with Crippen molar-refractivity contribution in [1.29, 1.82) is 0 Å². The number of rotatable bonds is 5. The van der Waals surface area contributed by atoms with Gasteiger partial charge in [0, 0.05) is 25.6 Å². The van der Waals surface area contributed by atoms with Gasteiger partial charge >= 0.3 is 0 Å². The number of aliphatic hydroxyl groups excluding tert-OH is 1. The lowest BCUT2D eigenvalue weighted by atomic mass is 9.87. The third-order valence-electron chi connectivity index (χ3n) is 5.57. The predicted octanol–water partition coefficient (Wildman–Crippen LogP) is 2.04. The van der Waals surface area contributed by atoms with Crippen LogP contribution in [0.1, 0.15) is 29.2 Å². The Morgan fingerprint density at radius 1 is 1.21 bits per heavy atom. The molecule has 28 heavy (non-hydrogen) atoms. The predicted molar refractivity (Wildman–Crippen MR) is 103 cm³/mol. The number of aliphatic hydroxyl groups is 1. The highest BCUT2D eigenvalue weighted by atomic mass is 19.1. The molecule has 0 radical (unpaired) electrons. The molecule has 0 spiro atoms. The van der Waals surface area contributed by atoms with Crippen molar-refractivity contribution in [2.75, 3.05) is 26.3 Å². The van der Waals surface area contributed by atoms with E-state index in [1.54, 1.807) is 12.1 Å². The summed E-state index contributed by atoms with van der Waals surface area (Å²) in [5.74, 6) is -0.320. The Kier molecular flexibility index (Phi) is 5.71. The number of hydrogen-bond donors (Lipinski definition) is 2. The largest absolute Gasteiger partial charge is 0.395 e. The van der Waals surface area contributed by atoms with Crippen LogP contribution in [0.2, 0.25) is 0 Å². The van der Waals surface area contributed by atoms with Gasteiger partial charge in [-0.05, 0) is 35.2 Å². The fraction of sp³-hybridized carbons (Fsp3) is 0.409. The van der Waals surface area contributed by atoms with Crippen LogP contribution in [0, 0.1) is 5.82 Å². The summed E-state index contributed by atoms with van der Waals surface area (Å²) in [7, 11) is 0. The summed E-state index contributed by atoms with van der Waals surface area (Å²) in [6, 6.07) is 14.3. The minimum absolute atomic E-state index is 0.0304. The zero-order valence-electron chi connectivity index (χ0n) is 15.7. The van der Waals surface area contributed by atoms with Gasteiger partial charge in [0.05, 0.1) is 19.3 Å². The lowest BCUT2D eigenvalue weighted by Gasteiger charge is -2.39. The first-order valence-corrected chi connectivity index (χ1v) is 9.77. The molecular weight excluding hydrogens is 359 g/mol. The minimum Gasteiger partial charge on any atom is -0.395 e. The first-order valence-electron chi connectivity index (χ1n) is 9.77. The molecule has 0 aliphatic carbocycles. The molecule has 1 amide bonds. The molecule has 0 saturated carbocycles. The molecule has 0 aromatic heterocycles. The second kappa shape index (κ2) is 8.39. The van der Waals surface area contributed by atoms with Crippen molar-refractivity contribution >= 4 is 5.91 Å². The number of amides is 1. The number of halogens is 1. The molecule has 2 heterocycles. The van der Waals surface area contributed by atoms with E-state index in [0.29, 0.717) is 26.1 Å². The maximum atomic E-state index is 13.5. The second-order valence-corrected chi connectivity index (χ2v) is 7.37. The van der Waals surface area contributed by atoms with Crippen LogP contribution in [0.15, 0.2) is 48.5 Å². The topological polar surface area (TPSA) is 61.8 Å². The summed E-state index contributed by atoms with van der Waals surface area (Å²) in [5, 5.41) is 12.2. The van der Waals surface area contributed by atoms with Gasteiger partial charge < -0.3 is 20.1 Å². The van der Waals surface area contributed by atoms with Crippen LogP contribution in [0.3, 0.4) is 0 Å². The number of fused-ring (bicyclic) bond motifs is 1. The smallest absolute Gasteiger partial charge is 0.252 e. The van der Waals surface area contributed by atoms with Crippen LogP contribution in [0.25, 0.3) is 0 Å². The number of nitrogens with zero attached hydrogens (tertiary/aromatic N) is 1. The van der Waals surface area contributed by atoms with Crippen molar-refractivity contribution < 1.29 is 19.0 Å². The Hall–Kier alpha value is -2.28. The van der Waals surface area contributed by atoms with Crippen LogP contribution in [-0.2, 0) is 16.0 Å². The van der Waals surface area contributed by atoms with Gasteiger partial charge in [0.15, 0.2) is 0 Å². The average Bonchev–Trinajstić information content (AvgIpc) is 3.20. The van der Waals surface area contributed by atoms with Crippen LogP contribution >= 0.6 is 0 Å². The van der Waals surface area contributed by atoms with Gasteiger partial charge in [0.1, 0.15) is 11.9 Å². The van der Waals surface area contributed by atoms with Gasteiger partial charge in [-0.1, -0.05) is 36.4 Å². The highest BCUT2D eigenvalue weighted by Gasteiger charge is 2.39. The van der Waals surface area contributed by atoms with E-state index in [4.69, 9.17) is 9.84 Å². The number of benzene rings is 2. The van der Waals surface area contributed by atoms with E-state index in [-0.39, 0.29) is 30.4 Å². The molecule has 2 aliphatic heterocycles. The molecule has 4 rings (SSSR count). The quantitative estimate of drug-likeness (QED) is 0.828. The monoisotopic (exact) mass is 384 g/mol. The van der Waals surface area contributed by atoms with E-state index in [0.717, 1.165) is 17.5 Å². The normalized spacial score (nSPS) is 24.2. The molecule has 148 valence electrons. The first-order chi connectivity index (χ1) is 13.7. The summed E-state index contributed by atoms with van der Waals surface area (Å²) in [6.45, 7) is 1.61. The zero-order valence-corrected chi connectivity index (χ0v) is 15.7. The Morgan fingerprint density at radius 3 is 2.79 bits per heavy atom. The van der Waals surface area contributed by atoms with Crippen molar-refractivity contribution in [2.45, 2.75) is 31.0 Å². The molecule has 2 N–H and O–H groups in total. The van der Waals surface area contributed by atoms with Gasteiger partial charge in [-0.3, -0.25) is 4.79 Å². The van der Waals surface area contributed by atoms with E-state index in [9.17, 15) is 9.18 Å². The minimum atomic E-state index is -0.496. The number of nitrogens with one attached hydrogen (secondary N) is 1. The first kappa shape index (κ1) is 19.1. The van der Waals surface area contributed by atoms with Gasteiger partial charge in [-0.25, -0.2) is 4.39 Å². The maximum Gasteiger partial charge on any atom is 0.252 e. The van der Waals surface area contributed by atoms with Gasteiger partial charge in [-0.15, -0.1) is 0 Å².